The highest BCUT2D eigenvalue weighted by Crippen LogP contribution is 2.24. The maximum absolute atomic E-state index is 2.32. The van der Waals surface area contributed by atoms with Crippen LogP contribution in [-0.4, -0.2) is 0 Å². The highest BCUT2D eigenvalue weighted by molar-refractivity contribution is 5.81. The van der Waals surface area contributed by atoms with Crippen molar-refractivity contribution in [3.8, 4) is 11.3 Å². The average Bonchev–Trinajstić information content (AvgIpc) is 2.49. The van der Waals surface area contributed by atoms with Crippen molar-refractivity contribution >= 4 is 10.9 Å². The van der Waals surface area contributed by atoms with Crippen LogP contribution in [0.15, 0.2) is 54.6 Å². The molecule has 0 unspecified atom stereocenters. The number of hydrogen-bond acceptors (Lipinski definition) is 0. The van der Waals surface area contributed by atoms with E-state index in [0.29, 0.717) is 5.92 Å². The van der Waals surface area contributed by atoms with Gasteiger partial charge in [0.15, 0.2) is 0 Å². The lowest BCUT2D eigenvalue weighted by atomic mass is 9.97. The van der Waals surface area contributed by atoms with E-state index < -0.39 is 0 Å². The number of hydrogen-bond donors (Lipinski definition) is 0. The minimum Gasteiger partial charge on any atom is -0.194 e. The molecule has 0 N–H and O–H groups in total. The van der Waals surface area contributed by atoms with Crippen molar-refractivity contribution < 1.29 is 4.57 Å². The Hall–Kier alpha value is -2.15. The van der Waals surface area contributed by atoms with E-state index >= 15 is 0 Å². The predicted molar refractivity (Wildman–Crippen MR) is 93.8 cm³/mol. The van der Waals surface area contributed by atoms with Gasteiger partial charge in [-0.1, -0.05) is 44.2 Å². The zero-order valence-corrected chi connectivity index (χ0v) is 13.9. The molecule has 22 heavy (non-hydrogen) atoms. The van der Waals surface area contributed by atoms with Crippen LogP contribution in [0.25, 0.3) is 22.2 Å². The van der Waals surface area contributed by atoms with Crippen LogP contribution < -0.4 is 4.57 Å². The summed E-state index contributed by atoms with van der Waals surface area (Å²) >= 11 is 0. The molecule has 0 amide bonds. The molecule has 0 saturated heterocycles. The molecule has 0 spiro atoms. The Morgan fingerprint density at radius 1 is 0.909 bits per heavy atom. The molecular formula is C21H24N+. The molecule has 0 bridgehead atoms. The standard InChI is InChI=1S/C21H24N/c1-15(2)14-17-9-7-11-20-19(17)12-13-21(22(20)4)18-10-6-5-8-16(18)3/h5-13,15H,14H2,1-4H3/q+1. The number of rotatable bonds is 3. The molecule has 3 aromatic rings. The van der Waals surface area contributed by atoms with Crippen LogP contribution in [0.2, 0.25) is 0 Å². The van der Waals surface area contributed by atoms with Crippen LogP contribution in [0.4, 0.5) is 0 Å². The second kappa shape index (κ2) is 5.92. The number of aromatic nitrogens is 1. The van der Waals surface area contributed by atoms with Gasteiger partial charge in [-0.05, 0) is 42.5 Å². The number of aryl methyl sites for hydroxylation is 2. The van der Waals surface area contributed by atoms with E-state index in [-0.39, 0.29) is 0 Å². The Kier molecular flexibility index (Phi) is 3.98. The summed E-state index contributed by atoms with van der Waals surface area (Å²) in [6.07, 6.45) is 1.13. The topological polar surface area (TPSA) is 3.88 Å². The summed E-state index contributed by atoms with van der Waals surface area (Å²) in [5, 5.41) is 1.37. The zero-order valence-electron chi connectivity index (χ0n) is 13.9. The Labute approximate surface area is 133 Å². The van der Waals surface area contributed by atoms with Gasteiger partial charge in [0.2, 0.25) is 11.2 Å². The summed E-state index contributed by atoms with van der Waals surface area (Å²) in [6.45, 7) is 6.73. The lowest BCUT2D eigenvalue weighted by Crippen LogP contribution is -2.32. The van der Waals surface area contributed by atoms with Crippen LogP contribution in [0.5, 0.6) is 0 Å². The molecule has 3 rings (SSSR count). The van der Waals surface area contributed by atoms with Crippen molar-refractivity contribution in [1.29, 1.82) is 0 Å². The van der Waals surface area contributed by atoms with Crippen molar-refractivity contribution in [2.24, 2.45) is 13.0 Å². The molecule has 0 saturated carbocycles. The lowest BCUT2D eigenvalue weighted by Gasteiger charge is -2.10. The van der Waals surface area contributed by atoms with Gasteiger partial charge in [0.25, 0.3) is 0 Å². The van der Waals surface area contributed by atoms with Gasteiger partial charge in [0.05, 0.1) is 0 Å². The Morgan fingerprint density at radius 3 is 2.41 bits per heavy atom. The second-order valence-corrected chi connectivity index (χ2v) is 6.54. The predicted octanol–water partition coefficient (Wildman–Crippen LogP) is 4.84. The van der Waals surface area contributed by atoms with Gasteiger partial charge >= 0.3 is 0 Å². The van der Waals surface area contributed by atoms with Crippen molar-refractivity contribution in [2.45, 2.75) is 27.2 Å². The van der Waals surface area contributed by atoms with Crippen molar-refractivity contribution in [2.75, 3.05) is 0 Å². The van der Waals surface area contributed by atoms with E-state index in [9.17, 15) is 0 Å². The number of fused-ring (bicyclic) bond motifs is 1. The maximum atomic E-state index is 2.32. The molecular weight excluding hydrogens is 266 g/mol. The molecule has 0 aliphatic heterocycles. The lowest BCUT2D eigenvalue weighted by molar-refractivity contribution is -0.633. The average molecular weight is 290 g/mol. The van der Waals surface area contributed by atoms with Gasteiger partial charge in [0.1, 0.15) is 7.05 Å². The molecule has 1 heterocycles. The molecule has 1 aromatic heterocycles. The summed E-state index contributed by atoms with van der Waals surface area (Å²) in [5.41, 5.74) is 6.64. The molecule has 0 atom stereocenters. The third-order valence-electron chi connectivity index (χ3n) is 4.35. The zero-order chi connectivity index (χ0) is 15.7. The summed E-state index contributed by atoms with van der Waals surface area (Å²) in [7, 11) is 2.17. The molecule has 0 radical (unpaired) electrons. The molecule has 0 fully saturated rings. The van der Waals surface area contributed by atoms with Gasteiger partial charge in [-0.2, -0.15) is 4.57 Å². The highest BCUT2D eigenvalue weighted by atomic mass is 14.9. The van der Waals surface area contributed by atoms with Crippen molar-refractivity contribution in [3.63, 3.8) is 0 Å². The van der Waals surface area contributed by atoms with Crippen LogP contribution in [0.1, 0.15) is 25.0 Å². The van der Waals surface area contributed by atoms with Crippen LogP contribution in [0.3, 0.4) is 0 Å². The van der Waals surface area contributed by atoms with E-state index in [1.165, 1.54) is 33.3 Å². The fourth-order valence-corrected chi connectivity index (χ4v) is 3.24. The first-order valence-corrected chi connectivity index (χ1v) is 8.04. The Morgan fingerprint density at radius 2 is 1.68 bits per heavy atom. The van der Waals surface area contributed by atoms with E-state index in [1.807, 2.05) is 0 Å². The van der Waals surface area contributed by atoms with Crippen molar-refractivity contribution in [1.82, 2.24) is 0 Å². The van der Waals surface area contributed by atoms with Crippen LogP contribution in [-0.2, 0) is 13.5 Å². The van der Waals surface area contributed by atoms with E-state index in [4.69, 9.17) is 0 Å². The van der Waals surface area contributed by atoms with Crippen LogP contribution >= 0.6 is 0 Å². The second-order valence-electron chi connectivity index (χ2n) is 6.54. The first-order chi connectivity index (χ1) is 10.6. The molecule has 1 nitrogen and oxygen atoms in total. The van der Waals surface area contributed by atoms with Gasteiger partial charge in [-0.15, -0.1) is 0 Å². The van der Waals surface area contributed by atoms with Gasteiger partial charge in [-0.25, -0.2) is 0 Å². The highest BCUT2D eigenvalue weighted by Gasteiger charge is 2.16. The fraction of sp³-hybridized carbons (Fsp3) is 0.286. The molecule has 112 valence electrons. The van der Waals surface area contributed by atoms with E-state index in [2.05, 4.69) is 87.0 Å². The summed E-state index contributed by atoms with van der Waals surface area (Å²) in [4.78, 5) is 0. The van der Waals surface area contributed by atoms with Crippen LogP contribution in [0, 0.1) is 12.8 Å². The molecule has 2 aromatic carbocycles. The largest absolute Gasteiger partial charge is 0.213 e. The normalized spacial score (nSPS) is 11.3. The maximum Gasteiger partial charge on any atom is 0.213 e. The number of benzene rings is 2. The molecule has 0 aliphatic carbocycles. The first kappa shape index (κ1) is 14.8. The third-order valence-corrected chi connectivity index (χ3v) is 4.35. The number of pyridine rings is 1. The fourth-order valence-electron chi connectivity index (χ4n) is 3.24. The molecule has 1 heteroatoms. The smallest absolute Gasteiger partial charge is 0.194 e. The quantitative estimate of drug-likeness (QED) is 0.608. The minimum atomic E-state index is 0.673. The summed E-state index contributed by atoms with van der Waals surface area (Å²) in [6, 6.07) is 19.8. The van der Waals surface area contributed by atoms with E-state index in [0.717, 1.165) is 6.42 Å². The molecule has 0 aliphatic rings. The summed E-state index contributed by atoms with van der Waals surface area (Å²) in [5.74, 6) is 0.673. The minimum absolute atomic E-state index is 0.673. The van der Waals surface area contributed by atoms with Gasteiger partial charge in [0, 0.05) is 23.1 Å². The monoisotopic (exact) mass is 290 g/mol. The Balaban J connectivity index is 2.21. The number of nitrogens with zero attached hydrogens (tertiary/aromatic N) is 1. The van der Waals surface area contributed by atoms with E-state index in [1.54, 1.807) is 0 Å². The Bertz CT molecular complexity index is 815. The first-order valence-electron chi connectivity index (χ1n) is 8.04. The third kappa shape index (κ3) is 2.64. The van der Waals surface area contributed by atoms with Crippen molar-refractivity contribution in [3.05, 3.63) is 65.7 Å². The SMILES string of the molecule is Cc1ccccc1-c1ccc2c(CC(C)C)cccc2[n+]1C. The van der Waals surface area contributed by atoms with Gasteiger partial charge in [-0.3, -0.25) is 0 Å². The van der Waals surface area contributed by atoms with Gasteiger partial charge < -0.3 is 0 Å². The summed E-state index contributed by atoms with van der Waals surface area (Å²) < 4.78 is 2.32.